The van der Waals surface area contributed by atoms with Gasteiger partial charge in [-0.2, -0.15) is 0 Å². The molecule has 0 radical (unpaired) electrons. The molecule has 1 heterocycles. The zero-order valence-corrected chi connectivity index (χ0v) is 10.9. The molecule has 17 heavy (non-hydrogen) atoms. The number of rotatable bonds is 5. The lowest BCUT2D eigenvalue weighted by molar-refractivity contribution is -0.130. The van der Waals surface area contributed by atoms with Gasteiger partial charge in [-0.15, -0.1) is 10.2 Å². The number of hydrogen-bond acceptors (Lipinski definition) is 4. The minimum atomic E-state index is -0.305. The van der Waals surface area contributed by atoms with Gasteiger partial charge in [-0.05, 0) is 27.7 Å². The number of ether oxygens (including phenoxy) is 1. The van der Waals surface area contributed by atoms with Crippen LogP contribution < -0.4 is 5.32 Å². The van der Waals surface area contributed by atoms with Crippen molar-refractivity contribution >= 4 is 5.91 Å². The lowest BCUT2D eigenvalue weighted by Gasteiger charge is -2.18. The minimum absolute atomic E-state index is 0.0593. The monoisotopic (exact) mass is 240 g/mol. The van der Waals surface area contributed by atoms with Crippen molar-refractivity contribution in [3.05, 3.63) is 12.2 Å². The lowest BCUT2D eigenvalue weighted by atomic mass is 10.2. The van der Waals surface area contributed by atoms with Gasteiger partial charge >= 0.3 is 0 Å². The molecule has 0 bridgehead atoms. The smallest absolute Gasteiger partial charge is 0.246 e. The third-order valence-electron chi connectivity index (χ3n) is 2.12. The number of carbonyl (C=O) groups is 1. The number of carbonyl (C=O) groups excluding carboxylic acids is 1. The maximum atomic E-state index is 11.5. The molecule has 0 aliphatic heterocycles. The molecule has 0 atom stereocenters. The average molecular weight is 240 g/mol. The van der Waals surface area contributed by atoms with E-state index in [1.54, 1.807) is 6.33 Å². The highest BCUT2D eigenvalue weighted by Gasteiger charge is 2.13. The summed E-state index contributed by atoms with van der Waals surface area (Å²) < 4.78 is 7.24. The van der Waals surface area contributed by atoms with Gasteiger partial charge in [-0.25, -0.2) is 0 Å². The number of hydrogen-bond donors (Lipinski definition) is 1. The van der Waals surface area contributed by atoms with Gasteiger partial charge in [-0.1, -0.05) is 0 Å². The van der Waals surface area contributed by atoms with Crippen molar-refractivity contribution in [3.8, 4) is 0 Å². The molecule has 0 aliphatic carbocycles. The highest BCUT2D eigenvalue weighted by molar-refractivity contribution is 5.77. The molecule has 0 saturated carbocycles. The molecule has 0 spiro atoms. The SMILES string of the molecule is CCn1cnnc1CNC(=O)COC(C)(C)C. The number of nitrogens with one attached hydrogen (secondary N) is 1. The Bertz CT molecular complexity index is 368. The highest BCUT2D eigenvalue weighted by atomic mass is 16.5. The number of aryl methyl sites for hydroxylation is 1. The Kier molecular flexibility index (Phi) is 4.62. The van der Waals surface area contributed by atoms with Crippen molar-refractivity contribution in [2.45, 2.75) is 46.4 Å². The molecule has 0 aliphatic rings. The van der Waals surface area contributed by atoms with Crippen molar-refractivity contribution in [3.63, 3.8) is 0 Å². The Morgan fingerprint density at radius 3 is 2.82 bits per heavy atom. The fraction of sp³-hybridized carbons (Fsp3) is 0.727. The Hall–Kier alpha value is -1.43. The summed E-state index contributed by atoms with van der Waals surface area (Å²) in [6, 6.07) is 0. The molecule has 0 saturated heterocycles. The van der Waals surface area contributed by atoms with Crippen molar-refractivity contribution in [2.75, 3.05) is 6.61 Å². The number of amides is 1. The second-order valence-electron chi connectivity index (χ2n) is 4.71. The summed E-state index contributed by atoms with van der Waals surface area (Å²) in [5, 5.41) is 10.5. The van der Waals surface area contributed by atoms with Crippen LogP contribution in [0.15, 0.2) is 6.33 Å². The maximum absolute atomic E-state index is 11.5. The summed E-state index contributed by atoms with van der Waals surface area (Å²) in [4.78, 5) is 11.5. The van der Waals surface area contributed by atoms with E-state index in [0.717, 1.165) is 12.4 Å². The quantitative estimate of drug-likeness (QED) is 0.823. The molecule has 1 aromatic rings. The van der Waals surface area contributed by atoms with Crippen molar-refractivity contribution in [1.82, 2.24) is 20.1 Å². The molecule has 0 aromatic carbocycles. The van der Waals surface area contributed by atoms with Gasteiger partial charge in [0.1, 0.15) is 12.9 Å². The van der Waals surface area contributed by atoms with Crippen LogP contribution in [0.25, 0.3) is 0 Å². The third kappa shape index (κ3) is 4.95. The van der Waals surface area contributed by atoms with E-state index in [2.05, 4.69) is 15.5 Å². The second kappa shape index (κ2) is 5.77. The predicted octanol–water partition coefficient (Wildman–Crippen LogP) is 0.729. The van der Waals surface area contributed by atoms with E-state index in [1.807, 2.05) is 32.3 Å². The summed E-state index contributed by atoms with van der Waals surface area (Å²) in [6.07, 6.45) is 1.65. The summed E-state index contributed by atoms with van der Waals surface area (Å²) in [5.74, 6) is 0.599. The standard InChI is InChI=1S/C11H20N4O2/c1-5-15-8-13-14-9(15)6-12-10(16)7-17-11(2,3)4/h8H,5-7H2,1-4H3,(H,12,16). The van der Waals surface area contributed by atoms with E-state index < -0.39 is 0 Å². The van der Waals surface area contributed by atoms with Crippen LogP contribution in [-0.2, 0) is 22.6 Å². The Balaban J connectivity index is 2.33. The number of nitrogens with zero attached hydrogens (tertiary/aromatic N) is 3. The summed E-state index contributed by atoms with van der Waals surface area (Å²) >= 11 is 0. The van der Waals surface area contributed by atoms with E-state index in [4.69, 9.17) is 4.74 Å². The van der Waals surface area contributed by atoms with Crippen molar-refractivity contribution in [1.29, 1.82) is 0 Å². The van der Waals surface area contributed by atoms with Crippen LogP contribution in [0.4, 0.5) is 0 Å². The largest absolute Gasteiger partial charge is 0.366 e. The minimum Gasteiger partial charge on any atom is -0.366 e. The van der Waals surface area contributed by atoms with Crippen LogP contribution in [0.2, 0.25) is 0 Å². The first-order valence-electron chi connectivity index (χ1n) is 5.69. The van der Waals surface area contributed by atoms with Crippen LogP contribution in [0.5, 0.6) is 0 Å². The molecule has 0 fully saturated rings. The molecule has 1 N–H and O–H groups in total. The van der Waals surface area contributed by atoms with Crippen LogP contribution >= 0.6 is 0 Å². The fourth-order valence-corrected chi connectivity index (χ4v) is 1.19. The maximum Gasteiger partial charge on any atom is 0.246 e. The lowest BCUT2D eigenvalue weighted by Crippen LogP contribution is -2.32. The van der Waals surface area contributed by atoms with Gasteiger partial charge in [-0.3, -0.25) is 4.79 Å². The Morgan fingerprint density at radius 1 is 1.53 bits per heavy atom. The normalized spacial score (nSPS) is 11.5. The summed E-state index contributed by atoms with van der Waals surface area (Å²) in [6.45, 7) is 8.95. The molecule has 6 heteroatoms. The Morgan fingerprint density at radius 2 is 2.24 bits per heavy atom. The summed E-state index contributed by atoms with van der Waals surface area (Å²) in [5.41, 5.74) is -0.305. The average Bonchev–Trinajstić information content (AvgIpc) is 2.69. The van der Waals surface area contributed by atoms with Crippen molar-refractivity contribution in [2.24, 2.45) is 0 Å². The van der Waals surface area contributed by atoms with E-state index in [0.29, 0.717) is 6.54 Å². The zero-order chi connectivity index (χ0) is 12.9. The topological polar surface area (TPSA) is 69.0 Å². The predicted molar refractivity (Wildman–Crippen MR) is 63.2 cm³/mol. The Labute approximate surface area is 101 Å². The highest BCUT2D eigenvalue weighted by Crippen LogP contribution is 2.05. The molecule has 1 aromatic heterocycles. The van der Waals surface area contributed by atoms with E-state index in [-0.39, 0.29) is 18.1 Å². The van der Waals surface area contributed by atoms with E-state index in [9.17, 15) is 4.79 Å². The first-order valence-corrected chi connectivity index (χ1v) is 5.69. The molecular formula is C11H20N4O2. The van der Waals surface area contributed by atoms with Gasteiger partial charge < -0.3 is 14.6 Å². The van der Waals surface area contributed by atoms with Gasteiger partial charge in [0.05, 0.1) is 12.1 Å². The number of aromatic nitrogens is 3. The molecule has 6 nitrogen and oxygen atoms in total. The van der Waals surface area contributed by atoms with E-state index >= 15 is 0 Å². The summed E-state index contributed by atoms with van der Waals surface area (Å²) in [7, 11) is 0. The first-order chi connectivity index (χ1) is 7.92. The molecule has 1 rings (SSSR count). The molecule has 0 unspecified atom stereocenters. The molecule has 1 amide bonds. The second-order valence-corrected chi connectivity index (χ2v) is 4.71. The molecular weight excluding hydrogens is 220 g/mol. The first kappa shape index (κ1) is 13.6. The fourth-order valence-electron chi connectivity index (χ4n) is 1.19. The van der Waals surface area contributed by atoms with Crippen LogP contribution in [0.1, 0.15) is 33.5 Å². The van der Waals surface area contributed by atoms with E-state index in [1.165, 1.54) is 0 Å². The van der Waals surface area contributed by atoms with Gasteiger partial charge in [0.2, 0.25) is 5.91 Å². The van der Waals surface area contributed by atoms with Gasteiger partial charge in [0, 0.05) is 6.54 Å². The van der Waals surface area contributed by atoms with Crippen LogP contribution in [0, 0.1) is 0 Å². The van der Waals surface area contributed by atoms with Crippen LogP contribution in [-0.4, -0.2) is 32.9 Å². The van der Waals surface area contributed by atoms with Gasteiger partial charge in [0.15, 0.2) is 5.82 Å². The van der Waals surface area contributed by atoms with Crippen molar-refractivity contribution < 1.29 is 9.53 Å². The van der Waals surface area contributed by atoms with Gasteiger partial charge in [0.25, 0.3) is 0 Å². The zero-order valence-electron chi connectivity index (χ0n) is 10.9. The molecule has 96 valence electrons. The van der Waals surface area contributed by atoms with Crippen LogP contribution in [0.3, 0.4) is 0 Å². The third-order valence-corrected chi connectivity index (χ3v) is 2.12.